The van der Waals surface area contributed by atoms with Crippen LogP contribution in [0, 0.1) is 0 Å². The molecule has 1 N–H and O–H groups in total. The van der Waals surface area contributed by atoms with Crippen LogP contribution in [0.2, 0.25) is 10.3 Å². The highest BCUT2D eigenvalue weighted by atomic mass is 35.5. The van der Waals surface area contributed by atoms with Crippen LogP contribution in [0.4, 0.5) is 5.82 Å². The van der Waals surface area contributed by atoms with Crippen molar-refractivity contribution in [2.45, 2.75) is 6.54 Å². The fourth-order valence-corrected chi connectivity index (χ4v) is 1.44. The van der Waals surface area contributed by atoms with E-state index in [0.717, 1.165) is 5.69 Å². The van der Waals surface area contributed by atoms with Crippen LogP contribution in [0.25, 0.3) is 0 Å². The van der Waals surface area contributed by atoms with E-state index in [1.165, 1.54) is 6.20 Å². The molecule has 6 heteroatoms. The van der Waals surface area contributed by atoms with Crippen LogP contribution in [0.1, 0.15) is 5.69 Å². The van der Waals surface area contributed by atoms with E-state index in [-0.39, 0.29) is 5.28 Å². The Kier molecular flexibility index (Phi) is 3.54. The zero-order valence-corrected chi connectivity index (χ0v) is 9.70. The summed E-state index contributed by atoms with van der Waals surface area (Å²) in [5.74, 6) is 0.507. The summed E-state index contributed by atoms with van der Waals surface area (Å²) in [6, 6.07) is 5.68. The first-order valence-corrected chi connectivity index (χ1v) is 5.33. The summed E-state index contributed by atoms with van der Waals surface area (Å²) in [4.78, 5) is 11.9. The van der Waals surface area contributed by atoms with Crippen LogP contribution in [-0.2, 0) is 6.54 Å². The van der Waals surface area contributed by atoms with Crippen molar-refractivity contribution in [2.24, 2.45) is 0 Å². The second-order valence-electron chi connectivity index (χ2n) is 3.01. The van der Waals surface area contributed by atoms with Crippen LogP contribution < -0.4 is 5.32 Å². The molecule has 0 aliphatic carbocycles. The van der Waals surface area contributed by atoms with E-state index in [1.54, 1.807) is 6.20 Å². The molecular weight excluding hydrogens is 247 g/mol. The van der Waals surface area contributed by atoms with Crippen molar-refractivity contribution in [2.75, 3.05) is 5.32 Å². The Balaban J connectivity index is 2.08. The molecular formula is C10H8Cl2N4. The quantitative estimate of drug-likeness (QED) is 0.857. The van der Waals surface area contributed by atoms with Gasteiger partial charge in [0.1, 0.15) is 10.8 Å². The first-order valence-electron chi connectivity index (χ1n) is 4.57. The number of pyridine rings is 1. The van der Waals surface area contributed by atoms with Gasteiger partial charge in [-0.2, -0.15) is 4.98 Å². The highest BCUT2D eigenvalue weighted by Gasteiger charge is 2.03. The van der Waals surface area contributed by atoms with E-state index < -0.39 is 0 Å². The third-order valence-corrected chi connectivity index (χ3v) is 2.34. The molecule has 0 saturated carbocycles. The number of anilines is 1. The number of hydrogen-bond donors (Lipinski definition) is 1. The number of hydrogen-bond acceptors (Lipinski definition) is 4. The summed E-state index contributed by atoms with van der Waals surface area (Å²) in [5.41, 5.74) is 0.897. The summed E-state index contributed by atoms with van der Waals surface area (Å²) in [6.07, 6.45) is 3.18. The molecule has 0 bridgehead atoms. The molecule has 0 fully saturated rings. The molecule has 0 aliphatic rings. The highest BCUT2D eigenvalue weighted by Crippen LogP contribution is 2.19. The summed E-state index contributed by atoms with van der Waals surface area (Å²) in [5, 5.41) is 3.63. The smallest absolute Gasteiger partial charge is 0.224 e. The van der Waals surface area contributed by atoms with Crippen molar-refractivity contribution in [3.8, 4) is 0 Å². The molecule has 16 heavy (non-hydrogen) atoms. The molecule has 2 aromatic heterocycles. The van der Waals surface area contributed by atoms with Crippen LogP contribution in [0.3, 0.4) is 0 Å². The van der Waals surface area contributed by atoms with Crippen molar-refractivity contribution < 1.29 is 0 Å². The van der Waals surface area contributed by atoms with Crippen LogP contribution in [-0.4, -0.2) is 15.0 Å². The van der Waals surface area contributed by atoms with Gasteiger partial charge < -0.3 is 5.32 Å². The lowest BCUT2D eigenvalue weighted by molar-refractivity contribution is 1.02. The number of halogens is 2. The lowest BCUT2D eigenvalue weighted by atomic mass is 10.3. The van der Waals surface area contributed by atoms with E-state index in [1.807, 2.05) is 18.2 Å². The first-order chi connectivity index (χ1) is 7.75. The maximum Gasteiger partial charge on any atom is 0.224 e. The minimum atomic E-state index is 0.160. The fourth-order valence-electron chi connectivity index (χ4n) is 1.15. The average molecular weight is 255 g/mol. The SMILES string of the molecule is Clc1ncc(Cl)c(NCc2ccccn2)n1. The van der Waals surface area contributed by atoms with Gasteiger partial charge >= 0.3 is 0 Å². The van der Waals surface area contributed by atoms with Gasteiger partial charge in [0.2, 0.25) is 5.28 Å². The van der Waals surface area contributed by atoms with Gasteiger partial charge in [0.05, 0.1) is 18.4 Å². The third-order valence-electron chi connectivity index (χ3n) is 1.88. The molecule has 0 aromatic carbocycles. The van der Waals surface area contributed by atoms with Gasteiger partial charge in [0, 0.05) is 6.20 Å². The minimum absolute atomic E-state index is 0.160. The monoisotopic (exact) mass is 254 g/mol. The highest BCUT2D eigenvalue weighted by molar-refractivity contribution is 6.33. The predicted molar refractivity (Wildman–Crippen MR) is 63.6 cm³/mol. The molecule has 0 spiro atoms. The van der Waals surface area contributed by atoms with Crippen LogP contribution in [0.15, 0.2) is 30.6 Å². The molecule has 0 saturated heterocycles. The Hall–Kier alpha value is -1.39. The Bertz CT molecular complexity index is 476. The second-order valence-corrected chi connectivity index (χ2v) is 3.76. The van der Waals surface area contributed by atoms with Crippen LogP contribution >= 0.6 is 23.2 Å². The molecule has 0 unspecified atom stereocenters. The lowest BCUT2D eigenvalue weighted by Gasteiger charge is -2.06. The van der Waals surface area contributed by atoms with Gasteiger partial charge in [-0.3, -0.25) is 4.98 Å². The maximum absolute atomic E-state index is 5.90. The fraction of sp³-hybridized carbons (Fsp3) is 0.100. The lowest BCUT2D eigenvalue weighted by Crippen LogP contribution is -2.04. The third kappa shape index (κ3) is 2.81. The Morgan fingerprint density at radius 1 is 1.19 bits per heavy atom. The van der Waals surface area contributed by atoms with E-state index in [2.05, 4.69) is 20.3 Å². The zero-order chi connectivity index (χ0) is 11.4. The Morgan fingerprint density at radius 3 is 2.81 bits per heavy atom. The molecule has 82 valence electrons. The van der Waals surface area contributed by atoms with E-state index in [4.69, 9.17) is 23.2 Å². The molecule has 2 aromatic rings. The molecule has 4 nitrogen and oxygen atoms in total. The Morgan fingerprint density at radius 2 is 2.06 bits per heavy atom. The average Bonchev–Trinajstić information content (AvgIpc) is 2.32. The first kappa shape index (κ1) is 11.1. The topological polar surface area (TPSA) is 50.7 Å². The Labute approximate surface area is 103 Å². The molecule has 0 atom stereocenters. The maximum atomic E-state index is 5.90. The molecule has 2 rings (SSSR count). The molecule has 0 radical (unpaired) electrons. The normalized spacial score (nSPS) is 10.1. The summed E-state index contributed by atoms with van der Waals surface area (Å²) in [6.45, 7) is 0.536. The van der Waals surface area contributed by atoms with E-state index in [9.17, 15) is 0 Å². The van der Waals surface area contributed by atoms with Gasteiger partial charge in [0.15, 0.2) is 0 Å². The van der Waals surface area contributed by atoms with Gasteiger partial charge in [-0.05, 0) is 23.7 Å². The standard InChI is InChI=1S/C10H8Cl2N4/c11-8-6-15-10(12)16-9(8)14-5-7-3-1-2-4-13-7/h1-4,6H,5H2,(H,14,15,16). The van der Waals surface area contributed by atoms with Gasteiger partial charge in [-0.25, -0.2) is 4.98 Å². The van der Waals surface area contributed by atoms with Gasteiger partial charge in [-0.15, -0.1) is 0 Å². The molecule has 0 amide bonds. The van der Waals surface area contributed by atoms with Crippen LogP contribution in [0.5, 0.6) is 0 Å². The summed E-state index contributed by atoms with van der Waals surface area (Å²) >= 11 is 11.6. The van der Waals surface area contributed by atoms with Gasteiger partial charge in [-0.1, -0.05) is 17.7 Å². The van der Waals surface area contributed by atoms with Gasteiger partial charge in [0.25, 0.3) is 0 Å². The zero-order valence-electron chi connectivity index (χ0n) is 8.19. The van der Waals surface area contributed by atoms with E-state index >= 15 is 0 Å². The van der Waals surface area contributed by atoms with Crippen molar-refractivity contribution >= 4 is 29.0 Å². The van der Waals surface area contributed by atoms with Crippen molar-refractivity contribution in [3.05, 3.63) is 46.6 Å². The number of nitrogens with zero attached hydrogens (tertiary/aromatic N) is 3. The summed E-state index contributed by atoms with van der Waals surface area (Å²) < 4.78 is 0. The summed E-state index contributed by atoms with van der Waals surface area (Å²) in [7, 11) is 0. The largest absolute Gasteiger partial charge is 0.363 e. The predicted octanol–water partition coefficient (Wildman–Crippen LogP) is 2.79. The number of aromatic nitrogens is 3. The van der Waals surface area contributed by atoms with Crippen molar-refractivity contribution in [1.29, 1.82) is 0 Å². The molecule has 0 aliphatic heterocycles. The van der Waals surface area contributed by atoms with Crippen molar-refractivity contribution in [3.63, 3.8) is 0 Å². The van der Waals surface area contributed by atoms with Crippen molar-refractivity contribution in [1.82, 2.24) is 15.0 Å². The number of nitrogens with one attached hydrogen (secondary N) is 1. The molecule has 2 heterocycles. The minimum Gasteiger partial charge on any atom is -0.363 e. The number of rotatable bonds is 3. The van der Waals surface area contributed by atoms with E-state index in [0.29, 0.717) is 17.4 Å². The second kappa shape index (κ2) is 5.09.